The number of hydrogen-bond donors (Lipinski definition) is 1. The van der Waals surface area contributed by atoms with Gasteiger partial charge in [-0.15, -0.1) is 0 Å². The van der Waals surface area contributed by atoms with Crippen molar-refractivity contribution >= 4 is 5.52 Å². The van der Waals surface area contributed by atoms with E-state index in [9.17, 15) is 0 Å². The Bertz CT molecular complexity index is 408. The summed E-state index contributed by atoms with van der Waals surface area (Å²) in [4.78, 5) is 4.04. The number of rotatable bonds is 1. The lowest BCUT2D eigenvalue weighted by molar-refractivity contribution is 0.274. The molecule has 2 aromatic heterocycles. The molecular weight excluding hydrogens is 154 g/mol. The molecule has 0 saturated heterocycles. The van der Waals surface area contributed by atoms with E-state index in [1.165, 1.54) is 0 Å². The minimum Gasteiger partial charge on any atom is -0.390 e. The van der Waals surface area contributed by atoms with Gasteiger partial charge in [0.25, 0.3) is 0 Å². The van der Waals surface area contributed by atoms with Crippen molar-refractivity contribution < 1.29 is 5.11 Å². The van der Waals surface area contributed by atoms with Crippen LogP contribution in [0.5, 0.6) is 0 Å². The molecule has 4 heteroatoms. The number of hydrogen-bond acceptors (Lipinski definition) is 3. The van der Waals surface area contributed by atoms with Gasteiger partial charge in [0.15, 0.2) is 0 Å². The van der Waals surface area contributed by atoms with Gasteiger partial charge in [0, 0.05) is 0 Å². The van der Waals surface area contributed by atoms with Gasteiger partial charge in [0.1, 0.15) is 5.82 Å². The summed E-state index contributed by atoms with van der Waals surface area (Å²) in [5.74, 6) is 0.702. The van der Waals surface area contributed by atoms with E-state index in [0.29, 0.717) is 5.82 Å². The topological polar surface area (TPSA) is 50.4 Å². The fourth-order valence-electron chi connectivity index (χ4n) is 1.16. The van der Waals surface area contributed by atoms with Gasteiger partial charge in [0.2, 0.25) is 0 Å². The van der Waals surface area contributed by atoms with Crippen LogP contribution < -0.4 is 0 Å². The lowest BCUT2D eigenvalue weighted by Gasteiger charge is -1.97. The van der Waals surface area contributed by atoms with Crippen LogP contribution in [0.25, 0.3) is 5.52 Å². The molecule has 0 aliphatic rings. The van der Waals surface area contributed by atoms with Crippen molar-refractivity contribution in [1.29, 1.82) is 0 Å². The van der Waals surface area contributed by atoms with Crippen LogP contribution in [0, 0.1) is 6.92 Å². The lowest BCUT2D eigenvalue weighted by atomic mass is 10.5. The number of aliphatic hydroxyl groups excluding tert-OH is 1. The van der Waals surface area contributed by atoms with Crippen molar-refractivity contribution in [1.82, 2.24) is 14.6 Å². The second-order valence-electron chi connectivity index (χ2n) is 2.62. The monoisotopic (exact) mass is 163 g/mol. The molecule has 0 atom stereocenters. The normalized spacial score (nSPS) is 10.8. The lowest BCUT2D eigenvalue weighted by Crippen LogP contribution is -2.00. The molecule has 0 aliphatic heterocycles. The molecule has 2 rings (SSSR count). The molecule has 2 aromatic rings. The van der Waals surface area contributed by atoms with E-state index in [0.717, 1.165) is 11.2 Å². The molecule has 0 radical (unpaired) electrons. The third-order valence-corrected chi connectivity index (χ3v) is 1.75. The molecule has 0 unspecified atom stereocenters. The van der Waals surface area contributed by atoms with Gasteiger partial charge in [-0.2, -0.15) is 5.10 Å². The van der Waals surface area contributed by atoms with Crippen molar-refractivity contribution in [2.75, 3.05) is 0 Å². The van der Waals surface area contributed by atoms with Gasteiger partial charge in [-0.05, 0) is 19.1 Å². The standard InChI is InChI=1S/C8H9N3O/c1-6-9-4-7-2-3-8(5-12)11(7)10-6/h2-4,12H,5H2,1H3. The summed E-state index contributed by atoms with van der Waals surface area (Å²) >= 11 is 0. The third-order valence-electron chi connectivity index (χ3n) is 1.75. The van der Waals surface area contributed by atoms with Gasteiger partial charge in [-0.25, -0.2) is 9.50 Å². The minimum absolute atomic E-state index is 0.00458. The first-order valence-electron chi connectivity index (χ1n) is 3.72. The average molecular weight is 163 g/mol. The highest BCUT2D eigenvalue weighted by Crippen LogP contribution is 2.06. The zero-order chi connectivity index (χ0) is 8.55. The van der Waals surface area contributed by atoms with Crippen LogP contribution >= 0.6 is 0 Å². The molecule has 62 valence electrons. The summed E-state index contributed by atoms with van der Waals surface area (Å²) in [5, 5.41) is 13.1. The third kappa shape index (κ3) is 0.967. The van der Waals surface area contributed by atoms with Crippen LogP contribution in [0.2, 0.25) is 0 Å². The fourth-order valence-corrected chi connectivity index (χ4v) is 1.16. The molecule has 0 aromatic carbocycles. The molecule has 1 N–H and O–H groups in total. The van der Waals surface area contributed by atoms with E-state index in [1.807, 2.05) is 19.1 Å². The van der Waals surface area contributed by atoms with Gasteiger partial charge >= 0.3 is 0 Å². The van der Waals surface area contributed by atoms with Crippen LogP contribution in [-0.2, 0) is 6.61 Å². The summed E-state index contributed by atoms with van der Waals surface area (Å²) in [6.07, 6.45) is 1.74. The predicted molar refractivity (Wildman–Crippen MR) is 43.6 cm³/mol. The van der Waals surface area contributed by atoms with Crippen LogP contribution in [-0.4, -0.2) is 19.7 Å². The SMILES string of the molecule is Cc1ncc2ccc(CO)n2n1. The maximum Gasteiger partial charge on any atom is 0.146 e. The molecule has 0 saturated carbocycles. The number of fused-ring (bicyclic) bond motifs is 1. The molecule has 0 fully saturated rings. The number of nitrogens with zero attached hydrogens (tertiary/aromatic N) is 3. The minimum atomic E-state index is 0.00458. The van der Waals surface area contributed by atoms with E-state index < -0.39 is 0 Å². The molecule has 0 bridgehead atoms. The molecule has 0 aliphatic carbocycles. The second-order valence-corrected chi connectivity index (χ2v) is 2.62. The van der Waals surface area contributed by atoms with Crippen LogP contribution in [0.3, 0.4) is 0 Å². The van der Waals surface area contributed by atoms with E-state index >= 15 is 0 Å². The summed E-state index contributed by atoms with van der Waals surface area (Å²) < 4.78 is 1.70. The van der Waals surface area contributed by atoms with Crippen LogP contribution in [0.15, 0.2) is 18.3 Å². The summed E-state index contributed by atoms with van der Waals surface area (Å²) in [6.45, 7) is 1.82. The van der Waals surface area contributed by atoms with E-state index in [4.69, 9.17) is 5.11 Å². The Kier molecular flexibility index (Phi) is 1.55. The maximum atomic E-state index is 8.93. The van der Waals surface area contributed by atoms with Crippen molar-refractivity contribution in [2.45, 2.75) is 13.5 Å². The Balaban J connectivity index is 2.75. The van der Waals surface area contributed by atoms with Crippen molar-refractivity contribution in [3.8, 4) is 0 Å². The van der Waals surface area contributed by atoms with Crippen molar-refractivity contribution in [3.63, 3.8) is 0 Å². The Hall–Kier alpha value is -1.42. The Morgan fingerprint density at radius 1 is 1.50 bits per heavy atom. The molecule has 12 heavy (non-hydrogen) atoms. The van der Waals surface area contributed by atoms with Crippen LogP contribution in [0.4, 0.5) is 0 Å². The Morgan fingerprint density at radius 3 is 3.08 bits per heavy atom. The van der Waals surface area contributed by atoms with Crippen molar-refractivity contribution in [3.05, 3.63) is 29.8 Å². The number of aryl methyl sites for hydroxylation is 1. The summed E-state index contributed by atoms with van der Waals surface area (Å²) in [6, 6.07) is 3.72. The van der Waals surface area contributed by atoms with Crippen LogP contribution in [0.1, 0.15) is 11.5 Å². The van der Waals surface area contributed by atoms with Gasteiger partial charge in [-0.1, -0.05) is 0 Å². The fraction of sp³-hybridized carbons (Fsp3) is 0.250. The first-order valence-corrected chi connectivity index (χ1v) is 3.72. The molecule has 4 nitrogen and oxygen atoms in total. The van der Waals surface area contributed by atoms with Crippen molar-refractivity contribution in [2.24, 2.45) is 0 Å². The first-order chi connectivity index (χ1) is 5.81. The average Bonchev–Trinajstić information content (AvgIpc) is 2.46. The largest absolute Gasteiger partial charge is 0.390 e. The zero-order valence-corrected chi connectivity index (χ0v) is 6.73. The molecule has 0 spiro atoms. The predicted octanol–water partition coefficient (Wildman–Crippen LogP) is 0.530. The van der Waals surface area contributed by atoms with E-state index in [-0.39, 0.29) is 6.61 Å². The van der Waals surface area contributed by atoms with Gasteiger partial charge < -0.3 is 5.11 Å². The number of aliphatic hydroxyl groups is 1. The number of aromatic nitrogens is 3. The maximum absolute atomic E-state index is 8.93. The highest BCUT2D eigenvalue weighted by atomic mass is 16.3. The highest BCUT2D eigenvalue weighted by Gasteiger charge is 2.00. The molecule has 0 amide bonds. The van der Waals surface area contributed by atoms with E-state index in [1.54, 1.807) is 10.7 Å². The zero-order valence-electron chi connectivity index (χ0n) is 6.73. The summed E-state index contributed by atoms with van der Waals surface area (Å²) in [7, 11) is 0. The van der Waals surface area contributed by atoms with Gasteiger partial charge in [-0.3, -0.25) is 0 Å². The molecule has 2 heterocycles. The van der Waals surface area contributed by atoms with Gasteiger partial charge in [0.05, 0.1) is 24.0 Å². The summed E-state index contributed by atoms with van der Waals surface area (Å²) in [5.41, 5.74) is 1.69. The Labute approximate surface area is 69.5 Å². The Morgan fingerprint density at radius 2 is 2.33 bits per heavy atom. The van der Waals surface area contributed by atoms with E-state index in [2.05, 4.69) is 10.1 Å². The second kappa shape index (κ2) is 2.57. The molecular formula is C8H9N3O. The quantitative estimate of drug-likeness (QED) is 0.667. The first kappa shape index (κ1) is 7.24. The highest BCUT2D eigenvalue weighted by molar-refractivity contribution is 5.45. The smallest absolute Gasteiger partial charge is 0.146 e.